The molecule has 4 rings (SSSR count). The van der Waals surface area contributed by atoms with Gasteiger partial charge < -0.3 is 14.3 Å². The van der Waals surface area contributed by atoms with Crippen LogP contribution in [-0.4, -0.2) is 39.4 Å². The smallest absolute Gasteiger partial charge is 0.306 e. The number of carbonyl (C=O) groups is 2. The first-order chi connectivity index (χ1) is 14.9. The normalized spacial score (nSPS) is 22.9. The number of carboxylic acids is 1. The summed E-state index contributed by atoms with van der Waals surface area (Å²) in [5.41, 5.74) is 0.595. The third kappa shape index (κ3) is 4.38. The number of halogens is 1. The summed E-state index contributed by atoms with van der Waals surface area (Å²) in [5.74, 6) is -0.649. The standard InChI is InChI=1S/C22H20FNO5S2/c1-28-18-10-13(23)5-7-16(18)17-8-6-15(29-17)11-19-20(25)24(22(30)31-19)14-4-2-3-12(9-14)21(26)27/h5-8,10-12,14H,2-4,9H2,1H3,(H,26,27)/b19-11+. The second-order valence-corrected chi connectivity index (χ2v) is 9.13. The zero-order valence-corrected chi connectivity index (χ0v) is 18.3. The molecule has 162 valence electrons. The fourth-order valence-electron chi connectivity index (χ4n) is 3.99. The van der Waals surface area contributed by atoms with Crippen LogP contribution in [0.5, 0.6) is 5.75 Å². The maximum absolute atomic E-state index is 13.5. The van der Waals surface area contributed by atoms with Crippen LogP contribution in [0.15, 0.2) is 39.7 Å². The third-order valence-corrected chi connectivity index (χ3v) is 6.84. The highest BCUT2D eigenvalue weighted by Gasteiger charge is 2.40. The van der Waals surface area contributed by atoms with Gasteiger partial charge in [0.25, 0.3) is 5.91 Å². The lowest BCUT2D eigenvalue weighted by Crippen LogP contribution is -2.42. The minimum absolute atomic E-state index is 0.205. The molecular formula is C22H20FNO5S2. The molecule has 9 heteroatoms. The second-order valence-electron chi connectivity index (χ2n) is 7.45. The van der Waals surface area contributed by atoms with E-state index >= 15 is 0 Å². The second kappa shape index (κ2) is 8.84. The van der Waals surface area contributed by atoms with Gasteiger partial charge >= 0.3 is 5.97 Å². The maximum atomic E-state index is 13.5. The van der Waals surface area contributed by atoms with E-state index < -0.39 is 17.7 Å². The first kappa shape index (κ1) is 21.6. The highest BCUT2D eigenvalue weighted by molar-refractivity contribution is 8.26. The van der Waals surface area contributed by atoms with Gasteiger partial charge in [-0.1, -0.05) is 30.4 Å². The zero-order valence-electron chi connectivity index (χ0n) is 16.7. The number of benzene rings is 1. The molecule has 1 aromatic carbocycles. The molecule has 2 fully saturated rings. The molecule has 1 aliphatic carbocycles. The molecular weight excluding hydrogens is 441 g/mol. The van der Waals surface area contributed by atoms with Gasteiger partial charge in [-0.15, -0.1) is 0 Å². The lowest BCUT2D eigenvalue weighted by Gasteiger charge is -2.32. The Morgan fingerprint density at radius 1 is 1.35 bits per heavy atom. The van der Waals surface area contributed by atoms with Crippen molar-refractivity contribution < 1.29 is 28.2 Å². The van der Waals surface area contributed by atoms with Crippen molar-refractivity contribution in [2.45, 2.75) is 31.7 Å². The predicted octanol–water partition coefficient (Wildman–Crippen LogP) is 4.94. The molecule has 1 amide bonds. The minimum atomic E-state index is -0.829. The van der Waals surface area contributed by atoms with E-state index in [1.54, 1.807) is 29.2 Å². The molecule has 6 nitrogen and oxygen atoms in total. The van der Waals surface area contributed by atoms with Crippen molar-refractivity contribution >= 4 is 46.3 Å². The van der Waals surface area contributed by atoms with Crippen LogP contribution < -0.4 is 4.74 Å². The fraction of sp³-hybridized carbons (Fsp3) is 0.318. The quantitative estimate of drug-likeness (QED) is 0.499. The van der Waals surface area contributed by atoms with Crippen LogP contribution in [0.3, 0.4) is 0 Å². The Labute approximate surface area is 188 Å². The van der Waals surface area contributed by atoms with Gasteiger partial charge in [-0.05, 0) is 43.5 Å². The van der Waals surface area contributed by atoms with E-state index in [0.717, 1.165) is 12.8 Å². The third-order valence-electron chi connectivity index (χ3n) is 5.51. The SMILES string of the molecule is COc1cc(F)ccc1-c1ccc(/C=C2/SC(=S)N(C3CCCC(C(=O)O)C3)C2=O)o1. The van der Waals surface area contributed by atoms with E-state index in [4.69, 9.17) is 21.4 Å². The van der Waals surface area contributed by atoms with Gasteiger partial charge in [0, 0.05) is 18.2 Å². The summed E-state index contributed by atoms with van der Waals surface area (Å²) >= 11 is 6.60. The summed E-state index contributed by atoms with van der Waals surface area (Å²) in [4.78, 5) is 26.4. The molecule has 1 saturated heterocycles. The van der Waals surface area contributed by atoms with Crippen molar-refractivity contribution in [1.29, 1.82) is 0 Å². The molecule has 1 aliphatic heterocycles. The highest BCUT2D eigenvalue weighted by atomic mass is 32.2. The van der Waals surface area contributed by atoms with E-state index in [1.807, 2.05) is 0 Å². The highest BCUT2D eigenvalue weighted by Crippen LogP contribution is 2.39. The van der Waals surface area contributed by atoms with Crippen LogP contribution >= 0.6 is 24.0 Å². The van der Waals surface area contributed by atoms with Crippen molar-refractivity contribution in [2.24, 2.45) is 5.92 Å². The molecule has 2 aromatic rings. The average molecular weight is 462 g/mol. The Bertz CT molecular complexity index is 1080. The minimum Gasteiger partial charge on any atom is -0.496 e. The number of thiocarbonyl (C=S) groups is 1. The number of carboxylic acid groups (broad SMARTS) is 1. The van der Waals surface area contributed by atoms with Gasteiger partial charge in [-0.3, -0.25) is 14.5 Å². The Balaban J connectivity index is 1.55. The van der Waals surface area contributed by atoms with Crippen molar-refractivity contribution in [2.75, 3.05) is 7.11 Å². The molecule has 0 radical (unpaired) electrons. The number of rotatable bonds is 5. The topological polar surface area (TPSA) is 80.0 Å². The van der Waals surface area contributed by atoms with E-state index in [-0.39, 0.29) is 11.9 Å². The number of carbonyl (C=O) groups excluding carboxylic acids is 1. The molecule has 2 unspecified atom stereocenters. The number of hydrogen-bond acceptors (Lipinski definition) is 6. The Morgan fingerprint density at radius 2 is 2.16 bits per heavy atom. The van der Waals surface area contributed by atoms with Gasteiger partial charge in [-0.25, -0.2) is 4.39 Å². The zero-order chi connectivity index (χ0) is 22.1. The number of hydrogen-bond donors (Lipinski definition) is 1. The Hall–Kier alpha value is -2.65. The summed E-state index contributed by atoms with van der Waals surface area (Å²) in [7, 11) is 1.45. The maximum Gasteiger partial charge on any atom is 0.306 e. The molecule has 2 heterocycles. The lowest BCUT2D eigenvalue weighted by molar-refractivity contribution is -0.144. The summed E-state index contributed by atoms with van der Waals surface area (Å²) in [5, 5.41) is 9.33. The van der Waals surface area contributed by atoms with Crippen LogP contribution in [0, 0.1) is 11.7 Å². The first-order valence-corrected chi connectivity index (χ1v) is 11.0. The van der Waals surface area contributed by atoms with Gasteiger partial charge in [0.15, 0.2) is 0 Å². The van der Waals surface area contributed by atoms with Gasteiger partial charge in [0.1, 0.15) is 27.4 Å². The number of thioether (sulfide) groups is 1. The largest absolute Gasteiger partial charge is 0.496 e. The first-order valence-electron chi connectivity index (χ1n) is 9.81. The van der Waals surface area contributed by atoms with Crippen LogP contribution in [0.2, 0.25) is 0 Å². The van der Waals surface area contributed by atoms with E-state index in [2.05, 4.69) is 0 Å². The summed E-state index contributed by atoms with van der Waals surface area (Å²) in [6.45, 7) is 0. The molecule has 1 aromatic heterocycles. The molecule has 0 spiro atoms. The van der Waals surface area contributed by atoms with Crippen molar-refractivity contribution in [3.63, 3.8) is 0 Å². The van der Waals surface area contributed by atoms with Crippen LogP contribution in [0.25, 0.3) is 17.4 Å². The summed E-state index contributed by atoms with van der Waals surface area (Å²) < 4.78 is 24.9. The van der Waals surface area contributed by atoms with Crippen molar-refractivity contribution in [1.82, 2.24) is 4.90 Å². The number of aliphatic carboxylic acids is 1. The molecule has 31 heavy (non-hydrogen) atoms. The van der Waals surface area contributed by atoms with Crippen molar-refractivity contribution in [3.05, 3.63) is 46.8 Å². The van der Waals surface area contributed by atoms with Crippen LogP contribution in [-0.2, 0) is 9.59 Å². The van der Waals surface area contributed by atoms with Gasteiger partial charge in [0.05, 0.1) is 23.5 Å². The number of nitrogens with zero attached hydrogens (tertiary/aromatic N) is 1. The van der Waals surface area contributed by atoms with Crippen LogP contribution in [0.1, 0.15) is 31.4 Å². The molecule has 2 aliphatic rings. The molecule has 2 atom stereocenters. The Morgan fingerprint density at radius 3 is 2.90 bits per heavy atom. The number of furan rings is 1. The molecule has 1 N–H and O–H groups in total. The van der Waals surface area contributed by atoms with E-state index in [1.165, 1.54) is 31.0 Å². The number of ether oxygens (including phenoxy) is 1. The van der Waals surface area contributed by atoms with E-state index in [0.29, 0.717) is 44.9 Å². The number of amides is 1. The molecule has 1 saturated carbocycles. The predicted molar refractivity (Wildman–Crippen MR) is 119 cm³/mol. The van der Waals surface area contributed by atoms with Gasteiger partial charge in [0.2, 0.25) is 0 Å². The monoisotopic (exact) mass is 461 g/mol. The van der Waals surface area contributed by atoms with E-state index in [9.17, 15) is 19.1 Å². The van der Waals surface area contributed by atoms with Crippen LogP contribution in [0.4, 0.5) is 4.39 Å². The summed E-state index contributed by atoms with van der Waals surface area (Å²) in [6, 6.07) is 7.39. The van der Waals surface area contributed by atoms with Crippen molar-refractivity contribution in [3.8, 4) is 17.1 Å². The average Bonchev–Trinajstić information content (AvgIpc) is 3.32. The Kier molecular flexibility index (Phi) is 6.15. The molecule has 0 bridgehead atoms. The number of methoxy groups -OCH3 is 1. The lowest BCUT2D eigenvalue weighted by atomic mass is 9.85. The fourth-order valence-corrected chi connectivity index (χ4v) is 5.37. The summed E-state index contributed by atoms with van der Waals surface area (Å²) in [6.07, 6.45) is 4.14. The van der Waals surface area contributed by atoms with Gasteiger partial charge in [-0.2, -0.15) is 0 Å².